The maximum atomic E-state index is 12.0. The molecule has 1 aliphatic rings. The Morgan fingerprint density at radius 1 is 1.50 bits per heavy atom. The SMILES string of the molecule is CCOP(=O)(/N=C1\SCC(CO)S1)OCC. The molecule has 0 aliphatic carbocycles. The van der Waals surface area contributed by atoms with E-state index in [9.17, 15) is 4.57 Å². The molecule has 1 fully saturated rings. The van der Waals surface area contributed by atoms with Gasteiger partial charge in [-0.05, 0) is 13.8 Å². The van der Waals surface area contributed by atoms with Crippen LogP contribution in [0.2, 0.25) is 0 Å². The fourth-order valence-corrected chi connectivity index (χ4v) is 5.26. The topological polar surface area (TPSA) is 68.1 Å². The zero-order valence-electron chi connectivity index (χ0n) is 9.29. The summed E-state index contributed by atoms with van der Waals surface area (Å²) in [7, 11) is -3.34. The molecule has 0 bridgehead atoms. The molecule has 0 radical (unpaired) electrons. The molecule has 94 valence electrons. The van der Waals surface area contributed by atoms with Crippen LogP contribution in [0.4, 0.5) is 0 Å². The Bertz CT molecular complexity index is 290. The van der Waals surface area contributed by atoms with E-state index >= 15 is 0 Å². The van der Waals surface area contributed by atoms with Crippen molar-refractivity contribution >= 4 is 35.6 Å². The molecule has 16 heavy (non-hydrogen) atoms. The lowest BCUT2D eigenvalue weighted by Gasteiger charge is -2.11. The minimum absolute atomic E-state index is 0.101. The lowest BCUT2D eigenvalue weighted by atomic mass is 10.5. The van der Waals surface area contributed by atoms with Crippen LogP contribution in [0.25, 0.3) is 0 Å². The van der Waals surface area contributed by atoms with Crippen molar-refractivity contribution in [3.05, 3.63) is 0 Å². The molecule has 1 aliphatic heterocycles. The minimum atomic E-state index is -3.34. The van der Waals surface area contributed by atoms with Crippen LogP contribution in [-0.2, 0) is 13.6 Å². The standard InChI is InChI=1S/C8H16NO4PS2/c1-3-12-14(11,13-4-2)9-8-15-6-7(5-10)16-8/h7,10H,3-6H2,1-2H3/b9-8+. The van der Waals surface area contributed by atoms with Crippen molar-refractivity contribution in [2.24, 2.45) is 4.76 Å². The molecular formula is C8H16NO4PS2. The molecule has 8 heteroatoms. The summed E-state index contributed by atoms with van der Waals surface area (Å²) in [6.07, 6.45) is 0. The van der Waals surface area contributed by atoms with Crippen LogP contribution in [0, 0.1) is 0 Å². The van der Waals surface area contributed by atoms with Crippen LogP contribution in [0.3, 0.4) is 0 Å². The van der Waals surface area contributed by atoms with Gasteiger partial charge in [-0.2, -0.15) is 4.76 Å². The van der Waals surface area contributed by atoms with Gasteiger partial charge in [0, 0.05) is 11.0 Å². The molecule has 0 aromatic carbocycles. The van der Waals surface area contributed by atoms with E-state index in [1.807, 2.05) is 0 Å². The lowest BCUT2D eigenvalue weighted by molar-refractivity contribution is 0.221. The summed E-state index contributed by atoms with van der Waals surface area (Å²) in [5.41, 5.74) is 0. The first-order valence-corrected chi connectivity index (χ1v) is 8.39. The molecule has 1 heterocycles. The molecule has 0 amide bonds. The third kappa shape index (κ3) is 4.39. The van der Waals surface area contributed by atoms with Gasteiger partial charge in [0.15, 0.2) is 0 Å². The van der Waals surface area contributed by atoms with Crippen LogP contribution in [0.15, 0.2) is 4.76 Å². The summed E-state index contributed by atoms with van der Waals surface area (Å²) in [4.78, 5) is 0. The van der Waals surface area contributed by atoms with Crippen molar-refractivity contribution in [2.45, 2.75) is 19.1 Å². The maximum absolute atomic E-state index is 12.0. The highest BCUT2D eigenvalue weighted by molar-refractivity contribution is 8.42. The highest BCUT2D eigenvalue weighted by Gasteiger charge is 2.28. The van der Waals surface area contributed by atoms with Crippen molar-refractivity contribution < 1.29 is 18.7 Å². The molecule has 0 aromatic rings. The first-order chi connectivity index (χ1) is 7.63. The number of aliphatic hydroxyl groups excluding tert-OH is 1. The van der Waals surface area contributed by atoms with E-state index in [0.717, 1.165) is 5.75 Å². The Hall–Kier alpha value is 0.480. The average molecular weight is 285 g/mol. The van der Waals surface area contributed by atoms with E-state index in [4.69, 9.17) is 14.2 Å². The van der Waals surface area contributed by atoms with Crippen LogP contribution >= 0.6 is 31.3 Å². The van der Waals surface area contributed by atoms with Gasteiger partial charge in [-0.3, -0.25) is 9.05 Å². The monoisotopic (exact) mass is 285 g/mol. The Morgan fingerprint density at radius 3 is 2.56 bits per heavy atom. The Balaban J connectivity index is 2.67. The summed E-state index contributed by atoms with van der Waals surface area (Å²) >= 11 is 2.89. The summed E-state index contributed by atoms with van der Waals surface area (Å²) in [5.74, 6) is 0.776. The van der Waals surface area contributed by atoms with Gasteiger partial charge in [-0.15, -0.1) is 0 Å². The smallest absolute Gasteiger partial charge is 0.395 e. The predicted molar refractivity (Wildman–Crippen MR) is 69.2 cm³/mol. The quantitative estimate of drug-likeness (QED) is 0.756. The third-order valence-electron chi connectivity index (χ3n) is 1.65. The highest BCUT2D eigenvalue weighted by Crippen LogP contribution is 2.52. The van der Waals surface area contributed by atoms with Gasteiger partial charge < -0.3 is 5.11 Å². The highest BCUT2D eigenvalue weighted by atomic mass is 32.2. The molecule has 1 rings (SSSR count). The number of nitrogens with zero attached hydrogens (tertiary/aromatic N) is 1. The van der Waals surface area contributed by atoms with E-state index in [2.05, 4.69) is 4.76 Å². The molecule has 1 unspecified atom stereocenters. The van der Waals surface area contributed by atoms with Gasteiger partial charge in [-0.1, -0.05) is 23.5 Å². The van der Waals surface area contributed by atoms with E-state index < -0.39 is 7.75 Å². The second-order valence-electron chi connectivity index (χ2n) is 2.90. The van der Waals surface area contributed by atoms with E-state index in [0.29, 0.717) is 17.6 Å². The molecule has 1 saturated heterocycles. The predicted octanol–water partition coefficient (Wildman–Crippen LogP) is 2.36. The first-order valence-electron chi connectivity index (χ1n) is 5.03. The van der Waals surface area contributed by atoms with Crippen LogP contribution in [-0.4, -0.2) is 40.3 Å². The van der Waals surface area contributed by atoms with E-state index in [1.54, 1.807) is 13.8 Å². The van der Waals surface area contributed by atoms with Gasteiger partial charge in [-0.25, -0.2) is 4.57 Å². The van der Waals surface area contributed by atoms with Gasteiger partial charge in [0.1, 0.15) is 4.38 Å². The molecular weight excluding hydrogens is 269 g/mol. The van der Waals surface area contributed by atoms with Crippen molar-refractivity contribution in [1.29, 1.82) is 0 Å². The number of hydrogen-bond acceptors (Lipinski definition) is 6. The summed E-state index contributed by atoms with van der Waals surface area (Å²) in [6.45, 7) is 4.19. The van der Waals surface area contributed by atoms with Gasteiger partial charge in [0.05, 0.1) is 19.8 Å². The lowest BCUT2D eigenvalue weighted by Crippen LogP contribution is -2.05. The van der Waals surface area contributed by atoms with Crippen LogP contribution in [0.1, 0.15) is 13.8 Å². The number of thioether (sulfide) groups is 2. The van der Waals surface area contributed by atoms with Crippen molar-refractivity contribution in [3.63, 3.8) is 0 Å². The van der Waals surface area contributed by atoms with Gasteiger partial charge >= 0.3 is 7.75 Å². The Labute approximate surface area is 104 Å². The summed E-state index contributed by atoms with van der Waals surface area (Å²) in [6, 6.07) is 0. The van der Waals surface area contributed by atoms with Crippen molar-refractivity contribution in [1.82, 2.24) is 0 Å². The molecule has 5 nitrogen and oxygen atoms in total. The Kier molecular flexibility index (Phi) is 6.39. The number of rotatable bonds is 6. The molecule has 0 saturated carbocycles. The minimum Gasteiger partial charge on any atom is -0.395 e. The average Bonchev–Trinajstić information content (AvgIpc) is 2.65. The molecule has 1 atom stereocenters. The second kappa shape index (κ2) is 7.03. The third-order valence-corrected chi connectivity index (χ3v) is 6.24. The normalized spacial score (nSPS) is 24.2. The van der Waals surface area contributed by atoms with Gasteiger partial charge in [0.2, 0.25) is 0 Å². The molecule has 0 aromatic heterocycles. The summed E-state index contributed by atoms with van der Waals surface area (Å²) in [5, 5.41) is 9.09. The fraction of sp³-hybridized carbons (Fsp3) is 0.875. The first kappa shape index (κ1) is 14.5. The number of hydrogen-bond donors (Lipinski definition) is 1. The van der Waals surface area contributed by atoms with Crippen LogP contribution in [0.5, 0.6) is 0 Å². The largest absolute Gasteiger partial charge is 0.455 e. The van der Waals surface area contributed by atoms with E-state index in [-0.39, 0.29) is 11.9 Å². The van der Waals surface area contributed by atoms with Crippen LogP contribution < -0.4 is 0 Å². The van der Waals surface area contributed by atoms with Crippen molar-refractivity contribution in [3.8, 4) is 0 Å². The second-order valence-corrected chi connectivity index (χ2v) is 7.11. The summed E-state index contributed by atoms with van der Waals surface area (Å²) < 4.78 is 26.9. The maximum Gasteiger partial charge on any atom is 0.455 e. The zero-order chi connectivity index (χ0) is 12.0. The number of aliphatic hydroxyl groups is 1. The zero-order valence-corrected chi connectivity index (χ0v) is 11.8. The van der Waals surface area contributed by atoms with Crippen molar-refractivity contribution in [2.75, 3.05) is 25.6 Å². The Morgan fingerprint density at radius 2 is 2.12 bits per heavy atom. The molecule has 1 N–H and O–H groups in total. The van der Waals surface area contributed by atoms with Gasteiger partial charge in [0.25, 0.3) is 0 Å². The molecule has 0 spiro atoms. The van der Waals surface area contributed by atoms with E-state index in [1.165, 1.54) is 23.5 Å². The fourth-order valence-electron chi connectivity index (χ4n) is 1.04.